The number of benzene rings is 1. The Morgan fingerprint density at radius 2 is 1.81 bits per heavy atom. The molecule has 1 saturated heterocycles. The van der Waals surface area contributed by atoms with Crippen molar-refractivity contribution in [2.24, 2.45) is 11.8 Å². The zero-order chi connectivity index (χ0) is 15.2. The average molecular weight is 288 g/mol. The zero-order valence-electron chi connectivity index (χ0n) is 14.2. The maximum absolute atomic E-state index is 3.76. The van der Waals surface area contributed by atoms with Gasteiger partial charge in [0, 0.05) is 31.7 Å². The van der Waals surface area contributed by atoms with Crippen LogP contribution in [-0.2, 0) is 0 Å². The summed E-state index contributed by atoms with van der Waals surface area (Å²) < 4.78 is 0. The fraction of sp³-hybridized carbons (Fsp3) is 0.684. The van der Waals surface area contributed by atoms with Crippen molar-refractivity contribution in [2.75, 3.05) is 19.6 Å². The molecule has 0 aromatic heterocycles. The molecule has 118 valence electrons. The van der Waals surface area contributed by atoms with Gasteiger partial charge in [0.2, 0.25) is 0 Å². The van der Waals surface area contributed by atoms with Crippen molar-refractivity contribution in [3.8, 4) is 0 Å². The first kappa shape index (κ1) is 16.5. The minimum Gasteiger partial charge on any atom is -0.311 e. The highest BCUT2D eigenvalue weighted by Gasteiger charge is 2.30. The Bertz CT molecular complexity index is 395. The first-order chi connectivity index (χ1) is 10.2. The summed E-state index contributed by atoms with van der Waals surface area (Å²) in [5, 5.41) is 3.76. The van der Waals surface area contributed by atoms with Gasteiger partial charge in [-0.25, -0.2) is 0 Å². The van der Waals surface area contributed by atoms with Crippen molar-refractivity contribution in [3.63, 3.8) is 0 Å². The van der Waals surface area contributed by atoms with Gasteiger partial charge in [-0.3, -0.25) is 4.90 Å². The van der Waals surface area contributed by atoms with Crippen molar-refractivity contribution in [1.29, 1.82) is 0 Å². The van der Waals surface area contributed by atoms with Gasteiger partial charge in [-0.1, -0.05) is 70.9 Å². The van der Waals surface area contributed by atoms with E-state index in [9.17, 15) is 0 Å². The lowest BCUT2D eigenvalue weighted by molar-refractivity contribution is 0.0932. The van der Waals surface area contributed by atoms with Crippen LogP contribution in [0.3, 0.4) is 0 Å². The molecule has 2 unspecified atom stereocenters. The van der Waals surface area contributed by atoms with E-state index < -0.39 is 0 Å². The summed E-state index contributed by atoms with van der Waals surface area (Å²) in [7, 11) is 0. The second-order valence-corrected chi connectivity index (χ2v) is 6.82. The van der Waals surface area contributed by atoms with Gasteiger partial charge in [0.25, 0.3) is 0 Å². The summed E-state index contributed by atoms with van der Waals surface area (Å²) in [6, 6.07) is 12.2. The molecule has 1 N–H and O–H groups in total. The van der Waals surface area contributed by atoms with Gasteiger partial charge >= 0.3 is 0 Å². The van der Waals surface area contributed by atoms with Gasteiger partial charge < -0.3 is 5.32 Å². The fourth-order valence-electron chi connectivity index (χ4n) is 3.37. The average Bonchev–Trinajstić information content (AvgIpc) is 2.53. The molecule has 0 amide bonds. The van der Waals surface area contributed by atoms with E-state index in [1.807, 2.05) is 0 Å². The number of nitrogens with one attached hydrogen (secondary N) is 1. The standard InChI is InChI=1S/C19H32N2/c1-5-16(6-2)13-21-14-18(15(3)4)20-12-19(21)17-10-8-7-9-11-17/h7-11,15-16,18-20H,5-6,12-14H2,1-4H3. The molecule has 0 aliphatic carbocycles. The van der Waals surface area contributed by atoms with E-state index in [0.717, 1.165) is 12.5 Å². The summed E-state index contributed by atoms with van der Waals surface area (Å²) in [5.41, 5.74) is 1.46. The Kier molecular flexibility index (Phi) is 6.25. The Morgan fingerprint density at radius 1 is 1.14 bits per heavy atom. The Morgan fingerprint density at radius 3 is 2.38 bits per heavy atom. The van der Waals surface area contributed by atoms with E-state index in [-0.39, 0.29) is 0 Å². The molecule has 1 aromatic rings. The highest BCUT2D eigenvalue weighted by Crippen LogP contribution is 2.27. The Labute approximate surface area is 130 Å². The normalized spacial score (nSPS) is 23.9. The second-order valence-electron chi connectivity index (χ2n) is 6.82. The lowest BCUT2D eigenvalue weighted by Gasteiger charge is -2.43. The third kappa shape index (κ3) is 4.31. The Balaban J connectivity index is 2.13. The fourth-order valence-corrected chi connectivity index (χ4v) is 3.37. The molecule has 1 heterocycles. The summed E-state index contributed by atoms with van der Waals surface area (Å²) >= 11 is 0. The lowest BCUT2D eigenvalue weighted by atomic mass is 9.93. The third-order valence-electron chi connectivity index (χ3n) is 5.08. The molecule has 1 aromatic carbocycles. The van der Waals surface area contributed by atoms with E-state index in [1.54, 1.807) is 0 Å². The van der Waals surface area contributed by atoms with Crippen LogP contribution >= 0.6 is 0 Å². The monoisotopic (exact) mass is 288 g/mol. The van der Waals surface area contributed by atoms with Gasteiger partial charge in [0.05, 0.1) is 0 Å². The van der Waals surface area contributed by atoms with Gasteiger partial charge in [0.1, 0.15) is 0 Å². The van der Waals surface area contributed by atoms with Crippen LogP contribution in [0.1, 0.15) is 52.1 Å². The molecule has 1 aliphatic rings. The largest absolute Gasteiger partial charge is 0.311 e. The molecule has 0 spiro atoms. The molecule has 0 radical (unpaired) electrons. The molecule has 2 rings (SSSR count). The van der Waals surface area contributed by atoms with Crippen molar-refractivity contribution >= 4 is 0 Å². The van der Waals surface area contributed by atoms with E-state index in [0.29, 0.717) is 18.0 Å². The van der Waals surface area contributed by atoms with Crippen molar-refractivity contribution in [3.05, 3.63) is 35.9 Å². The SMILES string of the molecule is CCC(CC)CN1CC(C(C)C)NCC1c1ccccc1. The second kappa shape index (κ2) is 7.95. The molecular formula is C19H32N2. The maximum Gasteiger partial charge on any atom is 0.0473 e. The van der Waals surface area contributed by atoms with E-state index in [2.05, 4.69) is 68.2 Å². The number of rotatable bonds is 6. The molecule has 0 saturated carbocycles. The van der Waals surface area contributed by atoms with E-state index in [4.69, 9.17) is 0 Å². The molecule has 21 heavy (non-hydrogen) atoms. The summed E-state index contributed by atoms with van der Waals surface area (Å²) in [5.74, 6) is 1.52. The Hall–Kier alpha value is -0.860. The van der Waals surface area contributed by atoms with Crippen LogP contribution in [0, 0.1) is 11.8 Å². The van der Waals surface area contributed by atoms with Gasteiger partial charge in [0.15, 0.2) is 0 Å². The summed E-state index contributed by atoms with van der Waals surface area (Å²) in [4.78, 5) is 2.73. The minimum absolute atomic E-state index is 0.529. The number of nitrogens with zero attached hydrogens (tertiary/aromatic N) is 1. The molecule has 2 heteroatoms. The summed E-state index contributed by atoms with van der Waals surface area (Å²) in [6.07, 6.45) is 2.57. The first-order valence-electron chi connectivity index (χ1n) is 8.68. The van der Waals surface area contributed by atoms with Crippen LogP contribution in [0.25, 0.3) is 0 Å². The minimum atomic E-state index is 0.529. The maximum atomic E-state index is 3.76. The number of hydrogen-bond acceptors (Lipinski definition) is 2. The van der Waals surface area contributed by atoms with Gasteiger partial charge in [-0.15, -0.1) is 0 Å². The van der Waals surface area contributed by atoms with Gasteiger partial charge in [-0.2, -0.15) is 0 Å². The molecule has 1 fully saturated rings. The van der Waals surface area contributed by atoms with Crippen LogP contribution in [0.4, 0.5) is 0 Å². The number of hydrogen-bond donors (Lipinski definition) is 1. The number of piperazine rings is 1. The van der Waals surface area contributed by atoms with Crippen LogP contribution in [0.2, 0.25) is 0 Å². The van der Waals surface area contributed by atoms with Crippen LogP contribution in [-0.4, -0.2) is 30.6 Å². The van der Waals surface area contributed by atoms with Gasteiger partial charge in [-0.05, 0) is 17.4 Å². The van der Waals surface area contributed by atoms with E-state index >= 15 is 0 Å². The van der Waals surface area contributed by atoms with E-state index in [1.165, 1.54) is 31.5 Å². The molecule has 0 bridgehead atoms. The van der Waals surface area contributed by atoms with Crippen LogP contribution in [0.5, 0.6) is 0 Å². The lowest BCUT2D eigenvalue weighted by Crippen LogP contribution is -2.55. The molecule has 2 nitrogen and oxygen atoms in total. The zero-order valence-corrected chi connectivity index (χ0v) is 14.2. The smallest absolute Gasteiger partial charge is 0.0473 e. The third-order valence-corrected chi connectivity index (χ3v) is 5.08. The van der Waals surface area contributed by atoms with Crippen molar-refractivity contribution in [1.82, 2.24) is 10.2 Å². The first-order valence-corrected chi connectivity index (χ1v) is 8.68. The quantitative estimate of drug-likeness (QED) is 0.848. The topological polar surface area (TPSA) is 15.3 Å². The molecular weight excluding hydrogens is 256 g/mol. The van der Waals surface area contributed by atoms with Crippen molar-refractivity contribution in [2.45, 2.75) is 52.6 Å². The van der Waals surface area contributed by atoms with Crippen LogP contribution in [0.15, 0.2) is 30.3 Å². The predicted molar refractivity (Wildman–Crippen MR) is 91.5 cm³/mol. The highest BCUT2D eigenvalue weighted by molar-refractivity contribution is 5.20. The summed E-state index contributed by atoms with van der Waals surface area (Å²) in [6.45, 7) is 12.8. The predicted octanol–water partition coefficient (Wildman–Crippen LogP) is 4.09. The molecule has 2 atom stereocenters. The van der Waals surface area contributed by atoms with Crippen molar-refractivity contribution < 1.29 is 0 Å². The molecule has 1 aliphatic heterocycles. The van der Waals surface area contributed by atoms with Crippen LogP contribution < -0.4 is 5.32 Å². The highest BCUT2D eigenvalue weighted by atomic mass is 15.2.